The summed E-state index contributed by atoms with van der Waals surface area (Å²) in [6.45, 7) is 7.72. The zero-order chi connectivity index (χ0) is 21.7. The molecule has 0 radical (unpaired) electrons. The van der Waals surface area contributed by atoms with Crippen molar-refractivity contribution in [2.24, 2.45) is 23.7 Å². The lowest BCUT2D eigenvalue weighted by Gasteiger charge is -2.53. The van der Waals surface area contributed by atoms with E-state index in [0.29, 0.717) is 17.9 Å². The number of ether oxygens (including phenoxy) is 3. The average Bonchev–Trinajstić information content (AvgIpc) is 3.24. The molecular weight excluding hydrogens is 384 g/mol. The van der Waals surface area contributed by atoms with Gasteiger partial charge in [0.05, 0.1) is 5.56 Å². The first-order valence-electron chi connectivity index (χ1n) is 11.0. The first-order chi connectivity index (χ1) is 14.2. The summed E-state index contributed by atoms with van der Waals surface area (Å²) in [7, 11) is 0. The van der Waals surface area contributed by atoms with E-state index in [-0.39, 0.29) is 23.7 Å². The van der Waals surface area contributed by atoms with Crippen LogP contribution in [0.4, 0.5) is 0 Å². The predicted molar refractivity (Wildman–Crippen MR) is 110 cm³/mol. The summed E-state index contributed by atoms with van der Waals surface area (Å²) in [5, 5.41) is 9.23. The lowest BCUT2D eigenvalue weighted by atomic mass is 9.69. The highest BCUT2D eigenvalue weighted by atomic mass is 16.6. The second-order valence-corrected chi connectivity index (χ2v) is 9.67. The molecule has 0 spiro atoms. The molecule has 1 aromatic carbocycles. The molecule has 3 fully saturated rings. The van der Waals surface area contributed by atoms with E-state index in [4.69, 9.17) is 14.2 Å². The summed E-state index contributed by atoms with van der Waals surface area (Å²) in [4.78, 5) is 25.0. The second kappa shape index (κ2) is 7.65. The second-order valence-electron chi connectivity index (χ2n) is 9.67. The Kier molecular flexibility index (Phi) is 5.43. The molecule has 2 aliphatic heterocycles. The van der Waals surface area contributed by atoms with Crippen molar-refractivity contribution >= 4 is 11.9 Å². The van der Waals surface area contributed by atoms with Crippen LogP contribution in [0.1, 0.15) is 57.3 Å². The summed E-state index contributed by atoms with van der Waals surface area (Å²) in [5.74, 6) is -0.309. The third-order valence-electron chi connectivity index (χ3n) is 7.80. The summed E-state index contributed by atoms with van der Waals surface area (Å²) in [6.07, 6.45) is 1.52. The molecule has 3 aliphatic rings. The minimum atomic E-state index is -0.737. The fourth-order valence-corrected chi connectivity index (χ4v) is 6.20. The third kappa shape index (κ3) is 3.16. The normalized spacial score (nSPS) is 39.6. The quantitative estimate of drug-likeness (QED) is 0.741. The van der Waals surface area contributed by atoms with Gasteiger partial charge in [0.1, 0.15) is 30.0 Å². The molecule has 30 heavy (non-hydrogen) atoms. The Bertz CT molecular complexity index is 807. The van der Waals surface area contributed by atoms with Gasteiger partial charge in [0.2, 0.25) is 0 Å². The maximum absolute atomic E-state index is 13.0. The van der Waals surface area contributed by atoms with Gasteiger partial charge in [0.15, 0.2) is 0 Å². The lowest BCUT2D eigenvalue weighted by molar-refractivity contribution is -0.259. The predicted octanol–water partition coefficient (Wildman–Crippen LogP) is 3.37. The van der Waals surface area contributed by atoms with Gasteiger partial charge < -0.3 is 19.3 Å². The Hall–Kier alpha value is -1.92. The van der Waals surface area contributed by atoms with Crippen LogP contribution < -0.4 is 0 Å². The van der Waals surface area contributed by atoms with Crippen LogP contribution in [0.5, 0.6) is 0 Å². The Labute approximate surface area is 177 Å². The molecule has 164 valence electrons. The van der Waals surface area contributed by atoms with Crippen LogP contribution in [-0.2, 0) is 19.0 Å². The smallest absolute Gasteiger partial charge is 0.338 e. The maximum Gasteiger partial charge on any atom is 0.338 e. The average molecular weight is 417 g/mol. The van der Waals surface area contributed by atoms with Gasteiger partial charge in [-0.3, -0.25) is 0 Å². The molecule has 2 heterocycles. The van der Waals surface area contributed by atoms with Crippen LogP contribution in [0, 0.1) is 23.7 Å². The van der Waals surface area contributed by atoms with Crippen LogP contribution in [0.15, 0.2) is 30.3 Å². The number of fused-ring (bicyclic) bond motifs is 4. The molecule has 4 rings (SSSR count). The molecule has 1 N–H and O–H groups in total. The molecule has 7 atom stereocenters. The summed E-state index contributed by atoms with van der Waals surface area (Å²) in [6, 6.07) is 9.03. The van der Waals surface area contributed by atoms with Gasteiger partial charge in [-0.2, -0.15) is 0 Å². The summed E-state index contributed by atoms with van der Waals surface area (Å²) < 4.78 is 18.7. The van der Waals surface area contributed by atoms with Crippen molar-refractivity contribution < 1.29 is 28.9 Å². The van der Waals surface area contributed by atoms with E-state index in [1.165, 1.54) is 0 Å². The van der Waals surface area contributed by atoms with Crippen LogP contribution in [0.2, 0.25) is 0 Å². The minimum Gasteiger partial charge on any atom is -0.457 e. The Morgan fingerprint density at radius 2 is 1.90 bits per heavy atom. The van der Waals surface area contributed by atoms with Crippen LogP contribution in [0.25, 0.3) is 0 Å². The number of aliphatic hydroxyl groups excluding tert-OH is 1. The zero-order valence-corrected chi connectivity index (χ0v) is 18.2. The van der Waals surface area contributed by atoms with Crippen LogP contribution in [-0.4, -0.2) is 47.1 Å². The fraction of sp³-hybridized carbons (Fsp3) is 0.667. The van der Waals surface area contributed by atoms with Gasteiger partial charge in [0, 0.05) is 12.3 Å². The summed E-state index contributed by atoms with van der Waals surface area (Å²) >= 11 is 0. The van der Waals surface area contributed by atoms with Gasteiger partial charge in [-0.25, -0.2) is 9.59 Å². The van der Waals surface area contributed by atoms with Crippen LogP contribution in [0.3, 0.4) is 0 Å². The Morgan fingerprint density at radius 3 is 2.53 bits per heavy atom. The Balaban J connectivity index is 1.73. The lowest BCUT2D eigenvalue weighted by Crippen LogP contribution is -2.62. The monoisotopic (exact) mass is 416 g/mol. The minimum absolute atomic E-state index is 0.0528. The molecule has 1 aliphatic carbocycles. The number of carbonyl (C=O) groups is 2. The van der Waals surface area contributed by atoms with Gasteiger partial charge >= 0.3 is 11.9 Å². The Morgan fingerprint density at radius 1 is 1.20 bits per heavy atom. The number of aliphatic hydroxyl groups is 1. The fourth-order valence-electron chi connectivity index (χ4n) is 6.20. The van der Waals surface area contributed by atoms with Gasteiger partial charge in [-0.15, -0.1) is 0 Å². The van der Waals surface area contributed by atoms with E-state index in [1.807, 2.05) is 25.1 Å². The van der Waals surface area contributed by atoms with E-state index in [0.717, 1.165) is 12.8 Å². The van der Waals surface area contributed by atoms with Crippen molar-refractivity contribution in [1.82, 2.24) is 0 Å². The molecule has 2 bridgehead atoms. The molecule has 1 saturated carbocycles. The first kappa shape index (κ1) is 21.3. The highest BCUT2D eigenvalue weighted by molar-refractivity contribution is 5.89. The molecule has 6 nitrogen and oxygen atoms in total. The highest BCUT2D eigenvalue weighted by Crippen LogP contribution is 2.63. The number of rotatable bonds is 5. The topological polar surface area (TPSA) is 82.1 Å². The zero-order valence-electron chi connectivity index (χ0n) is 18.2. The van der Waals surface area contributed by atoms with Crippen molar-refractivity contribution in [3.63, 3.8) is 0 Å². The molecule has 2 saturated heterocycles. The molecule has 1 unspecified atom stereocenters. The molecule has 6 heteroatoms. The van der Waals surface area contributed by atoms with Crippen molar-refractivity contribution in [2.75, 3.05) is 6.61 Å². The van der Waals surface area contributed by atoms with Crippen molar-refractivity contribution in [1.29, 1.82) is 0 Å². The number of hydrogen-bond acceptors (Lipinski definition) is 6. The SMILES string of the molecule is CC(C)C12C[C@@H](OC(=O)CO)[C@@](C)(O1)[C@@H]1CC[C@@H](C)[C@H]1[C@@H]2OC(=O)c1ccccc1. The summed E-state index contributed by atoms with van der Waals surface area (Å²) in [5.41, 5.74) is -0.868. The third-order valence-corrected chi connectivity index (χ3v) is 7.80. The number of esters is 2. The van der Waals surface area contributed by atoms with Crippen molar-refractivity contribution in [3.05, 3.63) is 35.9 Å². The van der Waals surface area contributed by atoms with Crippen molar-refractivity contribution in [2.45, 2.75) is 70.4 Å². The van der Waals surface area contributed by atoms with E-state index in [2.05, 4.69) is 20.8 Å². The number of carbonyl (C=O) groups excluding carboxylic acids is 2. The molecule has 0 amide bonds. The van der Waals surface area contributed by atoms with Crippen LogP contribution >= 0.6 is 0 Å². The van der Waals surface area contributed by atoms with E-state index >= 15 is 0 Å². The molecule has 0 aromatic heterocycles. The standard InChI is InChI=1S/C24H32O6/c1-14(2)24-12-18(28-19(26)13-25)23(4,30-24)17-11-10-15(3)20(17)21(24)29-22(27)16-8-6-5-7-9-16/h5-9,14-15,17-18,20-21,25H,10-13H2,1-4H3/t15-,17-,18-,20-,21+,23+,24?/m1/s1. The van der Waals surface area contributed by atoms with Gasteiger partial charge in [-0.05, 0) is 49.7 Å². The van der Waals surface area contributed by atoms with Crippen molar-refractivity contribution in [3.8, 4) is 0 Å². The van der Waals surface area contributed by atoms with Gasteiger partial charge in [-0.1, -0.05) is 39.0 Å². The molecule has 1 aromatic rings. The van der Waals surface area contributed by atoms with Gasteiger partial charge in [0.25, 0.3) is 0 Å². The van der Waals surface area contributed by atoms with E-state index < -0.39 is 36.0 Å². The maximum atomic E-state index is 13.0. The van der Waals surface area contributed by atoms with E-state index in [1.54, 1.807) is 12.1 Å². The first-order valence-corrected chi connectivity index (χ1v) is 11.0. The molecular formula is C24H32O6. The van der Waals surface area contributed by atoms with E-state index in [9.17, 15) is 14.7 Å². The number of benzene rings is 1. The number of hydrogen-bond donors (Lipinski definition) is 1. The largest absolute Gasteiger partial charge is 0.457 e. The highest BCUT2D eigenvalue weighted by Gasteiger charge is 2.72.